The molecule has 2 nitrogen and oxygen atoms in total. The second-order valence-electron chi connectivity index (χ2n) is 0.997. The Bertz CT molecular complexity index is 116. The van der Waals surface area contributed by atoms with Crippen LogP contribution in [0.5, 0.6) is 0 Å². The van der Waals surface area contributed by atoms with Crippen molar-refractivity contribution >= 4 is 5.97 Å². The van der Waals surface area contributed by atoms with Gasteiger partial charge < -0.3 is 5.11 Å². The van der Waals surface area contributed by atoms with E-state index in [0.717, 1.165) is 0 Å². The number of rotatable bonds is 1. The fraction of sp³-hybridized carbons (Fsp3) is 0.400. The average molecular weight is 98.1 g/mol. The number of carboxylic acid groups (broad SMARTS) is 1. The minimum absolute atomic E-state index is 0.0451. The van der Waals surface area contributed by atoms with Gasteiger partial charge in [-0.1, -0.05) is 5.92 Å². The van der Waals surface area contributed by atoms with Gasteiger partial charge in [-0.2, -0.15) is 0 Å². The molecule has 0 unspecified atom stereocenters. The van der Waals surface area contributed by atoms with E-state index in [-0.39, 0.29) is 6.42 Å². The zero-order chi connectivity index (χ0) is 5.70. The Balaban J connectivity index is 3.26. The Labute approximate surface area is 42.2 Å². The highest BCUT2D eigenvalue weighted by Crippen LogP contribution is 1.70. The molecule has 0 aliphatic carbocycles. The first-order valence-corrected chi connectivity index (χ1v) is 1.88. The molecule has 0 fully saturated rings. The lowest BCUT2D eigenvalue weighted by Crippen LogP contribution is -1.89. The summed E-state index contributed by atoms with van der Waals surface area (Å²) in [6.45, 7) is 1.61. The third kappa shape index (κ3) is 5.03. The molecule has 2 heteroatoms. The molecule has 0 rings (SSSR count). The maximum atomic E-state index is 9.66. The first-order valence-electron chi connectivity index (χ1n) is 1.88. The van der Waals surface area contributed by atoms with Crippen molar-refractivity contribution in [2.75, 3.05) is 0 Å². The second-order valence-corrected chi connectivity index (χ2v) is 0.997. The van der Waals surface area contributed by atoms with Crippen molar-refractivity contribution < 1.29 is 9.90 Å². The van der Waals surface area contributed by atoms with E-state index in [4.69, 9.17) is 5.11 Å². The summed E-state index contributed by atoms with van der Waals surface area (Å²) in [6.07, 6.45) is -0.0451. The number of aliphatic carboxylic acids is 1. The van der Waals surface area contributed by atoms with Crippen LogP contribution in [0, 0.1) is 11.8 Å². The number of hydrogen-bond donors (Lipinski definition) is 1. The van der Waals surface area contributed by atoms with Gasteiger partial charge >= 0.3 is 5.97 Å². The van der Waals surface area contributed by atoms with Crippen LogP contribution in [0.25, 0.3) is 0 Å². The van der Waals surface area contributed by atoms with Crippen molar-refractivity contribution in [3.05, 3.63) is 0 Å². The smallest absolute Gasteiger partial charge is 0.315 e. The molecule has 38 valence electrons. The number of hydrogen-bond acceptors (Lipinski definition) is 1. The second kappa shape index (κ2) is 3.23. The van der Waals surface area contributed by atoms with E-state index in [0.29, 0.717) is 0 Å². The molecular weight excluding hydrogens is 92.1 g/mol. The molecule has 0 amide bonds. The molecule has 0 atom stereocenters. The Morgan fingerprint density at radius 2 is 2.43 bits per heavy atom. The third-order valence-corrected chi connectivity index (χ3v) is 0.416. The summed E-state index contributed by atoms with van der Waals surface area (Å²) in [4.78, 5) is 9.66. The summed E-state index contributed by atoms with van der Waals surface area (Å²) in [7, 11) is 0. The summed E-state index contributed by atoms with van der Waals surface area (Å²) in [5.74, 6) is 4.00. The van der Waals surface area contributed by atoms with Crippen LogP contribution in [0.15, 0.2) is 0 Å². The predicted molar refractivity (Wildman–Crippen MR) is 25.7 cm³/mol. The van der Waals surface area contributed by atoms with Gasteiger partial charge in [-0.25, -0.2) is 0 Å². The molecule has 0 aliphatic heterocycles. The minimum Gasteiger partial charge on any atom is -0.481 e. The molecule has 0 aromatic heterocycles. The van der Waals surface area contributed by atoms with E-state index in [1.807, 2.05) is 0 Å². The van der Waals surface area contributed by atoms with Crippen LogP contribution in [-0.2, 0) is 4.79 Å². The summed E-state index contributed by atoms with van der Waals surface area (Å²) in [5, 5.41) is 7.94. The van der Waals surface area contributed by atoms with Gasteiger partial charge in [0.15, 0.2) is 0 Å². The fourth-order valence-corrected chi connectivity index (χ4v) is 0.164. The van der Waals surface area contributed by atoms with Crippen LogP contribution in [-0.4, -0.2) is 11.1 Å². The van der Waals surface area contributed by atoms with Gasteiger partial charge in [0.1, 0.15) is 6.42 Å². The molecule has 0 saturated heterocycles. The van der Waals surface area contributed by atoms with Crippen molar-refractivity contribution in [1.29, 1.82) is 0 Å². The lowest BCUT2D eigenvalue weighted by atomic mass is 10.4. The molecular formula is C5H6O2. The predicted octanol–water partition coefficient (Wildman–Crippen LogP) is 0.484. The van der Waals surface area contributed by atoms with E-state index in [1.54, 1.807) is 6.92 Å². The summed E-state index contributed by atoms with van der Waals surface area (Å²) in [5.41, 5.74) is 0. The maximum absolute atomic E-state index is 9.66. The Morgan fingerprint density at radius 3 is 2.57 bits per heavy atom. The molecule has 1 N–H and O–H groups in total. The van der Waals surface area contributed by atoms with E-state index >= 15 is 0 Å². The lowest BCUT2D eigenvalue weighted by Gasteiger charge is -1.74. The maximum Gasteiger partial charge on any atom is 0.315 e. The molecule has 0 spiro atoms. The summed E-state index contributed by atoms with van der Waals surface area (Å²) >= 11 is 0. The highest BCUT2D eigenvalue weighted by atomic mass is 16.4. The Morgan fingerprint density at radius 1 is 1.86 bits per heavy atom. The van der Waals surface area contributed by atoms with Gasteiger partial charge in [0.25, 0.3) is 0 Å². The Hall–Kier alpha value is -0.970. The highest BCUT2D eigenvalue weighted by Gasteiger charge is 1.85. The minimum atomic E-state index is -0.866. The van der Waals surface area contributed by atoms with Gasteiger partial charge in [-0.15, -0.1) is 5.92 Å². The molecule has 0 radical (unpaired) electrons. The summed E-state index contributed by atoms with van der Waals surface area (Å²) in [6, 6.07) is 0. The van der Waals surface area contributed by atoms with Crippen molar-refractivity contribution in [2.45, 2.75) is 13.3 Å². The van der Waals surface area contributed by atoms with Crippen molar-refractivity contribution in [3.63, 3.8) is 0 Å². The molecule has 7 heavy (non-hydrogen) atoms. The lowest BCUT2D eigenvalue weighted by molar-refractivity contribution is -0.135. The standard InChI is InChI=1S/C5H6O2/c1-2-3-4-5(6)7/h4H2,1H3,(H,6,7). The van der Waals surface area contributed by atoms with Gasteiger partial charge in [-0.3, -0.25) is 4.79 Å². The molecule has 0 bridgehead atoms. The van der Waals surface area contributed by atoms with Gasteiger partial charge in [-0.05, 0) is 6.92 Å². The van der Waals surface area contributed by atoms with Gasteiger partial charge in [0.05, 0.1) is 0 Å². The normalized spacial score (nSPS) is 6.43. The average Bonchev–Trinajstić information content (AvgIpc) is 1.61. The monoisotopic (exact) mass is 98.0 g/mol. The van der Waals surface area contributed by atoms with Gasteiger partial charge in [0, 0.05) is 0 Å². The molecule has 0 heterocycles. The zero-order valence-corrected chi connectivity index (χ0v) is 4.06. The largest absolute Gasteiger partial charge is 0.481 e. The number of carbonyl (C=O) groups is 1. The highest BCUT2D eigenvalue weighted by molar-refractivity contribution is 5.69. The topological polar surface area (TPSA) is 37.3 Å². The van der Waals surface area contributed by atoms with Crippen LogP contribution in [0.3, 0.4) is 0 Å². The molecule has 0 aliphatic rings. The third-order valence-electron chi connectivity index (χ3n) is 0.416. The van der Waals surface area contributed by atoms with Crippen LogP contribution in [0.2, 0.25) is 0 Å². The van der Waals surface area contributed by atoms with E-state index in [9.17, 15) is 4.79 Å². The van der Waals surface area contributed by atoms with E-state index in [1.165, 1.54) is 0 Å². The first-order chi connectivity index (χ1) is 3.27. The van der Waals surface area contributed by atoms with Gasteiger partial charge in [0.2, 0.25) is 0 Å². The zero-order valence-electron chi connectivity index (χ0n) is 4.06. The van der Waals surface area contributed by atoms with Crippen LogP contribution in [0.4, 0.5) is 0 Å². The van der Waals surface area contributed by atoms with Crippen molar-refractivity contribution in [1.82, 2.24) is 0 Å². The SMILES string of the molecule is CC#CCC(=O)O. The van der Waals surface area contributed by atoms with Crippen LogP contribution in [0.1, 0.15) is 13.3 Å². The molecule has 0 aromatic rings. The van der Waals surface area contributed by atoms with Crippen LogP contribution >= 0.6 is 0 Å². The first kappa shape index (κ1) is 6.03. The van der Waals surface area contributed by atoms with Crippen molar-refractivity contribution in [2.24, 2.45) is 0 Å². The van der Waals surface area contributed by atoms with Crippen LogP contribution < -0.4 is 0 Å². The fourth-order valence-electron chi connectivity index (χ4n) is 0.164. The Kier molecular flexibility index (Phi) is 2.78. The quantitative estimate of drug-likeness (QED) is 0.484. The summed E-state index contributed by atoms with van der Waals surface area (Å²) < 4.78 is 0. The van der Waals surface area contributed by atoms with Crippen molar-refractivity contribution in [3.8, 4) is 11.8 Å². The number of carboxylic acids is 1. The van der Waals surface area contributed by atoms with E-state index < -0.39 is 5.97 Å². The molecule has 0 saturated carbocycles. The molecule has 0 aromatic carbocycles. The van der Waals surface area contributed by atoms with E-state index in [2.05, 4.69) is 11.8 Å².